The first-order chi connectivity index (χ1) is 17.4. The Balaban J connectivity index is 1.45. The van der Waals surface area contributed by atoms with E-state index < -0.39 is 0 Å². The van der Waals surface area contributed by atoms with Gasteiger partial charge in [-0.25, -0.2) is 9.37 Å². The van der Waals surface area contributed by atoms with Gasteiger partial charge in [-0.05, 0) is 91.7 Å². The molecule has 1 aliphatic rings. The fourth-order valence-electron chi connectivity index (χ4n) is 4.24. The van der Waals surface area contributed by atoms with E-state index in [1.54, 1.807) is 24.4 Å². The largest absolute Gasteiger partial charge is 0.457 e. The minimum Gasteiger partial charge on any atom is -0.457 e. The topological polar surface area (TPSA) is 95.2 Å². The highest BCUT2D eigenvalue weighted by molar-refractivity contribution is 9.10. The van der Waals surface area contributed by atoms with Crippen molar-refractivity contribution in [2.75, 3.05) is 30.8 Å². The number of likely N-dealkylation sites (tertiary alicyclic amines) is 1. The van der Waals surface area contributed by atoms with Crippen molar-refractivity contribution in [2.24, 2.45) is 0 Å². The van der Waals surface area contributed by atoms with Crippen LogP contribution in [0.15, 0.2) is 57.9 Å². The number of hydrogen-bond acceptors (Lipinski definition) is 7. The number of anilines is 3. The van der Waals surface area contributed by atoms with Crippen LogP contribution in [0, 0.1) is 12.7 Å². The number of piperidine rings is 1. The Hall–Kier alpha value is -3.50. The number of pyridine rings is 1. The molecule has 2 aromatic carbocycles. The van der Waals surface area contributed by atoms with Crippen LogP contribution in [0.3, 0.4) is 0 Å². The van der Waals surface area contributed by atoms with Crippen LogP contribution < -0.4 is 20.9 Å². The molecule has 0 spiro atoms. The highest BCUT2D eigenvalue weighted by Crippen LogP contribution is 2.31. The van der Waals surface area contributed by atoms with E-state index in [1.807, 2.05) is 19.1 Å². The summed E-state index contributed by atoms with van der Waals surface area (Å²) in [6.07, 6.45) is 3.57. The normalized spacial score (nSPS) is 14.7. The molecule has 1 fully saturated rings. The second-order valence-corrected chi connectivity index (χ2v) is 9.83. The van der Waals surface area contributed by atoms with Crippen molar-refractivity contribution in [1.82, 2.24) is 19.9 Å². The Labute approximate surface area is 216 Å². The zero-order valence-corrected chi connectivity index (χ0v) is 21.5. The number of benzene rings is 2. The van der Waals surface area contributed by atoms with Gasteiger partial charge >= 0.3 is 0 Å². The number of aromatic amines is 1. The van der Waals surface area contributed by atoms with Gasteiger partial charge in [0, 0.05) is 24.0 Å². The lowest BCUT2D eigenvalue weighted by molar-refractivity contribution is 0.263. The van der Waals surface area contributed by atoms with Crippen molar-refractivity contribution in [3.05, 3.63) is 74.9 Å². The lowest BCUT2D eigenvalue weighted by Crippen LogP contribution is -2.37. The second kappa shape index (κ2) is 10.2. The molecule has 2 aromatic heterocycles. The lowest BCUT2D eigenvalue weighted by Gasteiger charge is -2.29. The number of fused-ring (bicyclic) bond motifs is 1. The molecule has 0 radical (unpaired) electrons. The van der Waals surface area contributed by atoms with Gasteiger partial charge in [-0.1, -0.05) is 6.07 Å². The molecule has 3 heterocycles. The van der Waals surface area contributed by atoms with Gasteiger partial charge in [-0.2, -0.15) is 4.98 Å². The number of rotatable bonds is 6. The highest BCUT2D eigenvalue weighted by atomic mass is 79.9. The Kier molecular flexibility index (Phi) is 6.88. The van der Waals surface area contributed by atoms with Gasteiger partial charge in [0.2, 0.25) is 5.95 Å². The van der Waals surface area contributed by atoms with Gasteiger partial charge in [0.15, 0.2) is 0 Å². The van der Waals surface area contributed by atoms with Gasteiger partial charge in [0.25, 0.3) is 5.56 Å². The maximum atomic E-state index is 13.5. The summed E-state index contributed by atoms with van der Waals surface area (Å²) in [7, 11) is 2.12. The van der Waals surface area contributed by atoms with Crippen LogP contribution in [0.5, 0.6) is 11.5 Å². The molecule has 36 heavy (non-hydrogen) atoms. The number of aryl methyl sites for hydroxylation is 1. The maximum absolute atomic E-state index is 13.5. The molecular formula is C26H26BrFN6O2. The first-order valence-corrected chi connectivity index (χ1v) is 12.5. The van der Waals surface area contributed by atoms with E-state index in [0.29, 0.717) is 38.6 Å². The molecule has 8 nitrogen and oxygen atoms in total. The predicted octanol–water partition coefficient (Wildman–Crippen LogP) is 5.57. The lowest BCUT2D eigenvalue weighted by atomic mass is 10.1. The summed E-state index contributed by atoms with van der Waals surface area (Å²) in [5.41, 5.74) is 1.80. The molecule has 0 saturated carbocycles. The molecule has 0 bridgehead atoms. The standard InChI is InChI=1S/C26H26BrFN6O2/c1-15-12-18(6-7-21(15)36-19-5-3-4-16(28)13-19)30-24-22-23(20(27)14-29-25(22)35)32-26(33-24)31-17-8-10-34(2)11-9-17/h3-7,12-14,17H,8-11H2,1-2H3,(H,29,35)(H2,30,31,32,33). The van der Waals surface area contributed by atoms with Gasteiger partial charge in [-0.3, -0.25) is 4.79 Å². The molecule has 4 aromatic rings. The fourth-order valence-corrected chi connectivity index (χ4v) is 4.65. The number of aromatic nitrogens is 3. The molecule has 0 unspecified atom stereocenters. The van der Waals surface area contributed by atoms with Gasteiger partial charge in [-0.15, -0.1) is 0 Å². The summed E-state index contributed by atoms with van der Waals surface area (Å²) in [6, 6.07) is 11.8. The van der Waals surface area contributed by atoms with Crippen molar-refractivity contribution >= 4 is 44.3 Å². The van der Waals surface area contributed by atoms with E-state index in [0.717, 1.165) is 37.2 Å². The van der Waals surface area contributed by atoms with Crippen molar-refractivity contribution in [1.29, 1.82) is 0 Å². The van der Waals surface area contributed by atoms with Gasteiger partial charge in [0.05, 0.1) is 9.99 Å². The summed E-state index contributed by atoms with van der Waals surface area (Å²) in [4.78, 5) is 27.1. The van der Waals surface area contributed by atoms with Gasteiger partial charge in [0.1, 0.15) is 28.5 Å². The average Bonchev–Trinajstić information content (AvgIpc) is 2.85. The second-order valence-electron chi connectivity index (χ2n) is 8.97. The number of ether oxygens (including phenoxy) is 1. The first-order valence-electron chi connectivity index (χ1n) is 11.7. The summed E-state index contributed by atoms with van der Waals surface area (Å²) in [5, 5.41) is 7.09. The third kappa shape index (κ3) is 5.34. The fraction of sp³-hybridized carbons (Fsp3) is 0.269. The quantitative estimate of drug-likeness (QED) is 0.287. The molecule has 5 rings (SSSR count). The number of nitrogens with zero attached hydrogens (tertiary/aromatic N) is 3. The zero-order chi connectivity index (χ0) is 25.2. The maximum Gasteiger partial charge on any atom is 0.261 e. The molecule has 10 heteroatoms. The molecular weight excluding hydrogens is 527 g/mol. The number of hydrogen-bond donors (Lipinski definition) is 3. The molecule has 186 valence electrons. The minimum atomic E-state index is -0.361. The van der Waals surface area contributed by atoms with Crippen molar-refractivity contribution in [3.8, 4) is 11.5 Å². The van der Waals surface area contributed by atoms with Crippen LogP contribution in [0.1, 0.15) is 18.4 Å². The molecule has 0 amide bonds. The monoisotopic (exact) mass is 552 g/mol. The van der Waals surface area contributed by atoms with E-state index in [2.05, 4.69) is 53.5 Å². The van der Waals surface area contributed by atoms with E-state index >= 15 is 0 Å². The molecule has 0 atom stereocenters. The number of nitrogens with one attached hydrogen (secondary N) is 3. The van der Waals surface area contributed by atoms with Gasteiger partial charge < -0.3 is 25.3 Å². The first kappa shape index (κ1) is 24.2. The zero-order valence-electron chi connectivity index (χ0n) is 19.9. The van der Waals surface area contributed by atoms with Crippen molar-refractivity contribution in [3.63, 3.8) is 0 Å². The summed E-state index contributed by atoms with van der Waals surface area (Å²) >= 11 is 3.51. The van der Waals surface area contributed by atoms with Crippen LogP contribution in [0.4, 0.5) is 21.8 Å². The molecule has 3 N–H and O–H groups in total. The smallest absolute Gasteiger partial charge is 0.261 e. The highest BCUT2D eigenvalue weighted by Gasteiger charge is 2.20. The third-order valence-electron chi connectivity index (χ3n) is 6.21. The van der Waals surface area contributed by atoms with E-state index in [-0.39, 0.29) is 17.4 Å². The summed E-state index contributed by atoms with van der Waals surface area (Å²) < 4.78 is 20.0. The summed E-state index contributed by atoms with van der Waals surface area (Å²) in [5.74, 6) is 1.52. The van der Waals surface area contributed by atoms with Crippen LogP contribution in [-0.4, -0.2) is 46.0 Å². The predicted molar refractivity (Wildman–Crippen MR) is 143 cm³/mol. The molecule has 1 aliphatic heterocycles. The Morgan fingerprint density at radius 1 is 1.17 bits per heavy atom. The Morgan fingerprint density at radius 2 is 1.97 bits per heavy atom. The van der Waals surface area contributed by atoms with Crippen molar-refractivity contribution < 1.29 is 9.13 Å². The Bertz CT molecular complexity index is 1470. The summed E-state index contributed by atoms with van der Waals surface area (Å²) in [6.45, 7) is 3.90. The number of H-pyrrole nitrogens is 1. The Morgan fingerprint density at radius 3 is 2.72 bits per heavy atom. The minimum absolute atomic E-state index is 0.258. The molecule has 1 saturated heterocycles. The van der Waals surface area contributed by atoms with Crippen LogP contribution in [-0.2, 0) is 0 Å². The molecule has 0 aliphatic carbocycles. The van der Waals surface area contributed by atoms with Crippen molar-refractivity contribution in [2.45, 2.75) is 25.8 Å². The average molecular weight is 553 g/mol. The van der Waals surface area contributed by atoms with E-state index in [1.165, 1.54) is 12.1 Å². The van der Waals surface area contributed by atoms with E-state index in [4.69, 9.17) is 4.74 Å². The third-order valence-corrected chi connectivity index (χ3v) is 6.81. The SMILES string of the molecule is Cc1cc(Nc2nc(NC3CCN(C)CC3)nc3c(Br)c[nH]c(=O)c23)ccc1Oc1cccc(F)c1. The van der Waals surface area contributed by atoms with Crippen LogP contribution >= 0.6 is 15.9 Å². The van der Waals surface area contributed by atoms with Crippen LogP contribution in [0.25, 0.3) is 10.9 Å². The van der Waals surface area contributed by atoms with Crippen LogP contribution in [0.2, 0.25) is 0 Å². The van der Waals surface area contributed by atoms with E-state index in [9.17, 15) is 9.18 Å². The number of halogens is 2.